The Morgan fingerprint density at radius 1 is 0.947 bits per heavy atom. The van der Waals surface area contributed by atoms with Gasteiger partial charge in [-0.05, 0) is 116 Å². The van der Waals surface area contributed by atoms with E-state index in [1.165, 1.54) is 0 Å². The van der Waals surface area contributed by atoms with Gasteiger partial charge in [0.1, 0.15) is 12.0 Å². The molecule has 0 aliphatic heterocycles. The molecule has 2 aromatic rings. The minimum Gasteiger partial charge on any atom is -0.481 e. The fourth-order valence-electron chi connectivity index (χ4n) is 3.69. The second-order valence-electron chi connectivity index (χ2n) is 8.81. The second kappa shape index (κ2) is 18.0. The number of Topliss-reactive ketones (excluding diaryl/α,β-unsaturated/α-hetero) is 1. The molecule has 0 aliphatic rings. The molecule has 0 heterocycles. The third-order valence-corrected chi connectivity index (χ3v) is 9.53. The number of carboxylic acids is 1. The van der Waals surface area contributed by atoms with Crippen LogP contribution in [0.15, 0.2) is 36.4 Å². The number of ether oxygens (including phenoxy) is 1. The molecule has 0 bridgehead atoms. The van der Waals surface area contributed by atoms with Crippen molar-refractivity contribution in [2.24, 2.45) is 5.73 Å². The maximum atomic E-state index is 12.5. The molecule has 2 atom stereocenters. The molecule has 0 saturated carbocycles. The standard InChI is InChI=1S/C27H32ClI3N2O5/c28-24(26(32)38-16-17-7-3-1-4-8-17)27(37)33-14-6-2-5-9-18(34)10-11-19-21(29)15-22(30)20(25(19)31)12-13-23(35)36/h1,3-4,7-8,15,24,26H,2,5-6,9-14,16,32H2,(H,33,37)(H,35,36). The van der Waals surface area contributed by atoms with Crippen molar-refractivity contribution >= 4 is 97.0 Å². The highest BCUT2D eigenvalue weighted by Crippen LogP contribution is 2.30. The van der Waals surface area contributed by atoms with Crippen molar-refractivity contribution in [3.05, 3.63) is 63.8 Å². The number of nitrogens with two attached hydrogens (primary N) is 1. The zero-order valence-electron chi connectivity index (χ0n) is 20.9. The zero-order valence-corrected chi connectivity index (χ0v) is 28.1. The van der Waals surface area contributed by atoms with E-state index in [4.69, 9.17) is 27.2 Å². The van der Waals surface area contributed by atoms with Crippen molar-refractivity contribution in [3.8, 4) is 0 Å². The molecule has 0 saturated heterocycles. The Balaban J connectivity index is 1.65. The van der Waals surface area contributed by atoms with Crippen LogP contribution >= 0.6 is 79.4 Å². The van der Waals surface area contributed by atoms with Gasteiger partial charge in [-0.25, -0.2) is 0 Å². The number of benzene rings is 2. The number of ketones is 1. The summed E-state index contributed by atoms with van der Waals surface area (Å²) in [4.78, 5) is 35.7. The number of unbranched alkanes of at least 4 members (excludes halogenated alkanes) is 2. The van der Waals surface area contributed by atoms with Gasteiger partial charge in [-0.3, -0.25) is 14.4 Å². The normalized spacial score (nSPS) is 12.7. The molecule has 0 aromatic heterocycles. The molecule has 0 radical (unpaired) electrons. The summed E-state index contributed by atoms with van der Waals surface area (Å²) in [5, 5.41) is 10.8. The van der Waals surface area contributed by atoms with Gasteiger partial charge in [0, 0.05) is 36.5 Å². The molecule has 4 N–H and O–H groups in total. The number of carbonyl (C=O) groups excluding carboxylic acids is 2. The van der Waals surface area contributed by atoms with E-state index >= 15 is 0 Å². The molecular formula is C27H32ClI3N2O5. The van der Waals surface area contributed by atoms with E-state index in [2.05, 4.69) is 79.2 Å². The van der Waals surface area contributed by atoms with Gasteiger partial charge in [0.15, 0.2) is 5.38 Å². The van der Waals surface area contributed by atoms with Gasteiger partial charge in [0.25, 0.3) is 0 Å². The van der Waals surface area contributed by atoms with Crippen LogP contribution in [-0.2, 0) is 38.6 Å². The number of rotatable bonds is 17. The fraction of sp³-hybridized carbons (Fsp3) is 0.444. The maximum absolute atomic E-state index is 12.5. The minimum atomic E-state index is -0.989. The number of halogens is 4. The van der Waals surface area contributed by atoms with Crippen LogP contribution in [0.1, 0.15) is 55.2 Å². The third-order valence-electron chi connectivity index (χ3n) is 5.86. The lowest BCUT2D eigenvalue weighted by Crippen LogP contribution is -2.44. The average molecular weight is 881 g/mol. The monoisotopic (exact) mass is 880 g/mol. The third kappa shape index (κ3) is 11.9. The summed E-state index contributed by atoms with van der Waals surface area (Å²) in [6.07, 6.45) is 3.56. The second-order valence-corrected chi connectivity index (χ2v) is 12.7. The van der Waals surface area contributed by atoms with E-state index < -0.39 is 17.6 Å². The number of amides is 1. The van der Waals surface area contributed by atoms with E-state index in [-0.39, 0.29) is 24.7 Å². The molecule has 2 unspecified atom stereocenters. The Bertz CT molecular complexity index is 1090. The number of carbonyl (C=O) groups is 3. The first-order chi connectivity index (χ1) is 18.1. The van der Waals surface area contributed by atoms with E-state index in [1.807, 2.05) is 30.3 Å². The van der Waals surface area contributed by atoms with E-state index in [0.29, 0.717) is 32.2 Å². The molecule has 7 nitrogen and oxygen atoms in total. The molecule has 1 amide bonds. The van der Waals surface area contributed by atoms with Gasteiger partial charge < -0.3 is 20.9 Å². The van der Waals surface area contributed by atoms with Gasteiger partial charge in [-0.2, -0.15) is 0 Å². The Morgan fingerprint density at radius 2 is 1.58 bits per heavy atom. The van der Waals surface area contributed by atoms with Gasteiger partial charge >= 0.3 is 5.97 Å². The topological polar surface area (TPSA) is 119 Å². The van der Waals surface area contributed by atoms with E-state index in [9.17, 15) is 14.4 Å². The van der Waals surface area contributed by atoms with E-state index in [1.54, 1.807) is 0 Å². The molecule has 38 heavy (non-hydrogen) atoms. The number of hydrogen-bond acceptors (Lipinski definition) is 5. The van der Waals surface area contributed by atoms with Crippen LogP contribution in [0.3, 0.4) is 0 Å². The summed E-state index contributed by atoms with van der Waals surface area (Å²) in [6.45, 7) is 0.736. The first kappa shape index (κ1) is 33.7. The lowest BCUT2D eigenvalue weighted by atomic mass is 10.0. The summed E-state index contributed by atoms with van der Waals surface area (Å²) in [5.74, 6) is -0.980. The molecule has 0 aliphatic carbocycles. The molecule has 11 heteroatoms. The van der Waals surface area contributed by atoms with E-state index in [0.717, 1.165) is 46.7 Å². The van der Waals surface area contributed by atoms with Gasteiger partial charge in [-0.15, -0.1) is 11.6 Å². The Morgan fingerprint density at radius 3 is 2.21 bits per heavy atom. The number of carboxylic acid groups (broad SMARTS) is 1. The van der Waals surface area contributed by atoms with Crippen LogP contribution in [0.5, 0.6) is 0 Å². The SMILES string of the molecule is NC(OCc1ccccc1)C(Cl)C(=O)NCCCCCC(=O)CCc1c(I)cc(I)c(CCC(=O)O)c1I. The highest BCUT2D eigenvalue weighted by atomic mass is 127. The molecule has 2 rings (SSSR count). The minimum absolute atomic E-state index is 0.0891. The Kier molecular flexibility index (Phi) is 15.9. The summed E-state index contributed by atoms with van der Waals surface area (Å²) in [5.41, 5.74) is 9.01. The number of alkyl halides is 1. The van der Waals surface area contributed by atoms with Crippen LogP contribution in [-0.4, -0.2) is 40.9 Å². The molecule has 208 valence electrons. The molecule has 0 fully saturated rings. The zero-order chi connectivity index (χ0) is 28.1. The molecule has 0 spiro atoms. The highest BCUT2D eigenvalue weighted by molar-refractivity contribution is 14.1. The van der Waals surface area contributed by atoms with Crippen molar-refractivity contribution in [3.63, 3.8) is 0 Å². The van der Waals surface area contributed by atoms with Crippen LogP contribution in [0.2, 0.25) is 0 Å². The smallest absolute Gasteiger partial charge is 0.303 e. The summed E-state index contributed by atoms with van der Waals surface area (Å²) < 4.78 is 8.73. The predicted octanol–water partition coefficient (Wildman–Crippen LogP) is 5.80. The van der Waals surface area contributed by atoms with Crippen LogP contribution < -0.4 is 11.1 Å². The van der Waals surface area contributed by atoms with Crippen molar-refractivity contribution in [2.75, 3.05) is 6.54 Å². The first-order valence-corrected chi connectivity index (χ1v) is 16.0. The Labute approximate surface area is 269 Å². The van der Waals surface area contributed by atoms with Crippen LogP contribution in [0.25, 0.3) is 0 Å². The quantitative estimate of drug-likeness (QED) is 0.0801. The lowest BCUT2D eigenvalue weighted by Gasteiger charge is -2.18. The Hall–Kier alpha value is -0.550. The van der Waals surface area contributed by atoms with Crippen molar-refractivity contribution in [1.82, 2.24) is 5.32 Å². The fourth-order valence-corrected chi connectivity index (χ4v) is 8.29. The van der Waals surface area contributed by atoms with Crippen LogP contribution in [0.4, 0.5) is 0 Å². The molecular weight excluding hydrogens is 848 g/mol. The molecule has 2 aromatic carbocycles. The van der Waals surface area contributed by atoms with Crippen molar-refractivity contribution in [1.29, 1.82) is 0 Å². The summed E-state index contributed by atoms with van der Waals surface area (Å²) in [6, 6.07) is 11.6. The van der Waals surface area contributed by atoms with Crippen LogP contribution in [0, 0.1) is 10.7 Å². The number of hydrogen-bond donors (Lipinski definition) is 3. The lowest BCUT2D eigenvalue weighted by molar-refractivity contribution is -0.137. The summed E-state index contributed by atoms with van der Waals surface area (Å²) >= 11 is 13.0. The maximum Gasteiger partial charge on any atom is 0.303 e. The van der Waals surface area contributed by atoms with Crippen molar-refractivity contribution in [2.45, 2.75) is 69.6 Å². The number of nitrogens with one attached hydrogen (secondary N) is 1. The highest BCUT2D eigenvalue weighted by Gasteiger charge is 2.23. The predicted molar refractivity (Wildman–Crippen MR) is 174 cm³/mol. The first-order valence-electron chi connectivity index (χ1n) is 12.3. The average Bonchev–Trinajstić information content (AvgIpc) is 2.88. The number of aliphatic carboxylic acids is 1. The van der Waals surface area contributed by atoms with Gasteiger partial charge in [-0.1, -0.05) is 36.8 Å². The largest absolute Gasteiger partial charge is 0.481 e. The van der Waals surface area contributed by atoms with Gasteiger partial charge in [0.05, 0.1) is 6.61 Å². The summed E-state index contributed by atoms with van der Waals surface area (Å²) in [7, 11) is 0. The van der Waals surface area contributed by atoms with Crippen molar-refractivity contribution < 1.29 is 24.2 Å². The van der Waals surface area contributed by atoms with Gasteiger partial charge in [0.2, 0.25) is 5.91 Å².